The van der Waals surface area contributed by atoms with Crippen molar-refractivity contribution >= 4 is 34.3 Å². The number of rotatable bonds is 1. The Balaban J connectivity index is 2.79. The molecule has 0 bridgehead atoms. The first-order chi connectivity index (χ1) is 5.09. The lowest BCUT2D eigenvalue weighted by atomic mass is 10.1. The van der Waals surface area contributed by atoms with Gasteiger partial charge < -0.3 is 5.11 Å². The highest BCUT2D eigenvalue weighted by molar-refractivity contribution is 6.66. The van der Waals surface area contributed by atoms with Gasteiger partial charge in [-0.05, 0) is 6.08 Å². The second-order valence-electron chi connectivity index (χ2n) is 2.13. The number of nitrogens with zero attached hydrogens (tertiary/aromatic N) is 1. The van der Waals surface area contributed by atoms with Gasteiger partial charge in [0.1, 0.15) is 10.3 Å². The summed E-state index contributed by atoms with van der Waals surface area (Å²) in [4.78, 5) is 14.1. The van der Waals surface area contributed by atoms with E-state index >= 15 is 0 Å². The van der Waals surface area contributed by atoms with Crippen LogP contribution in [0.3, 0.4) is 0 Å². The summed E-state index contributed by atoms with van der Waals surface area (Å²) >= 11 is 11.0. The topological polar surface area (TPSA) is 49.7 Å². The predicted octanol–water partition coefficient (Wildman–Crippen LogP) is 1.81. The quantitative estimate of drug-likeness (QED) is 0.647. The molecule has 1 N–H and O–H groups in total. The summed E-state index contributed by atoms with van der Waals surface area (Å²) in [6, 6.07) is 0. The van der Waals surface area contributed by atoms with E-state index in [9.17, 15) is 4.79 Å². The van der Waals surface area contributed by atoms with E-state index in [-0.39, 0.29) is 16.7 Å². The van der Waals surface area contributed by atoms with Gasteiger partial charge in [-0.2, -0.15) is 0 Å². The molecule has 0 saturated heterocycles. The van der Waals surface area contributed by atoms with Crippen LogP contribution in [-0.4, -0.2) is 16.2 Å². The maximum Gasteiger partial charge on any atom is 0.310 e. The number of halogens is 2. The fourth-order valence-corrected chi connectivity index (χ4v) is 1.32. The summed E-state index contributed by atoms with van der Waals surface area (Å²) in [5.74, 6) is -1.57. The molecule has 0 radical (unpaired) electrons. The molecule has 0 aromatic heterocycles. The zero-order valence-electron chi connectivity index (χ0n) is 5.42. The van der Waals surface area contributed by atoms with Crippen molar-refractivity contribution in [2.45, 2.75) is 6.42 Å². The first kappa shape index (κ1) is 8.56. The van der Waals surface area contributed by atoms with Crippen molar-refractivity contribution in [2.75, 3.05) is 0 Å². The van der Waals surface area contributed by atoms with Gasteiger partial charge in [-0.3, -0.25) is 4.79 Å². The normalized spacial score (nSPS) is 24.0. The molecule has 0 spiro atoms. The van der Waals surface area contributed by atoms with Crippen molar-refractivity contribution in [3.8, 4) is 0 Å². The molecule has 1 heterocycles. The highest BCUT2D eigenvalue weighted by Crippen LogP contribution is 2.21. The predicted molar refractivity (Wildman–Crippen MR) is 43.0 cm³/mol. The van der Waals surface area contributed by atoms with Gasteiger partial charge in [-0.25, -0.2) is 4.99 Å². The monoisotopic (exact) mass is 193 g/mol. The standard InChI is InChI=1S/C6H5Cl2NO2/c7-4-1-3(6(10)11)2-5(8)9-4/h1,3H,2H2,(H,10,11). The lowest BCUT2D eigenvalue weighted by Crippen LogP contribution is -2.16. The summed E-state index contributed by atoms with van der Waals surface area (Å²) in [6.07, 6.45) is 1.60. The smallest absolute Gasteiger partial charge is 0.310 e. The van der Waals surface area contributed by atoms with Crippen LogP contribution >= 0.6 is 23.2 Å². The van der Waals surface area contributed by atoms with Gasteiger partial charge in [0.25, 0.3) is 0 Å². The van der Waals surface area contributed by atoms with E-state index in [0.717, 1.165) is 0 Å². The summed E-state index contributed by atoms with van der Waals surface area (Å²) < 4.78 is 0. The van der Waals surface area contributed by atoms with E-state index < -0.39 is 11.9 Å². The molecule has 3 nitrogen and oxygen atoms in total. The summed E-state index contributed by atoms with van der Waals surface area (Å²) in [6.45, 7) is 0. The lowest BCUT2D eigenvalue weighted by Gasteiger charge is -2.10. The van der Waals surface area contributed by atoms with Gasteiger partial charge in [0.15, 0.2) is 0 Å². The molecule has 0 fully saturated rings. The number of carboxylic acids is 1. The van der Waals surface area contributed by atoms with E-state index in [1.165, 1.54) is 6.08 Å². The molecule has 11 heavy (non-hydrogen) atoms. The molecule has 1 aliphatic rings. The molecule has 1 atom stereocenters. The zero-order valence-corrected chi connectivity index (χ0v) is 6.93. The summed E-state index contributed by atoms with van der Waals surface area (Å²) in [5, 5.41) is 8.94. The number of carboxylic acid groups (broad SMARTS) is 1. The molecule has 1 aliphatic heterocycles. The Morgan fingerprint density at radius 2 is 2.36 bits per heavy atom. The average molecular weight is 194 g/mol. The van der Waals surface area contributed by atoms with Gasteiger partial charge in [0, 0.05) is 6.42 Å². The third-order valence-corrected chi connectivity index (χ3v) is 1.72. The van der Waals surface area contributed by atoms with E-state index in [4.69, 9.17) is 28.3 Å². The highest BCUT2D eigenvalue weighted by atomic mass is 35.5. The molecular formula is C6H5Cl2NO2. The fourth-order valence-electron chi connectivity index (χ4n) is 0.764. The van der Waals surface area contributed by atoms with Crippen LogP contribution in [0.25, 0.3) is 0 Å². The Kier molecular flexibility index (Phi) is 2.52. The van der Waals surface area contributed by atoms with Crippen molar-refractivity contribution in [1.29, 1.82) is 0 Å². The van der Waals surface area contributed by atoms with Gasteiger partial charge in [0.05, 0.1) is 5.92 Å². The SMILES string of the molecule is O=C(O)C1C=C(Cl)N=C(Cl)C1. The molecule has 0 amide bonds. The van der Waals surface area contributed by atoms with Crippen LogP contribution in [0.1, 0.15) is 6.42 Å². The Labute approximate surface area is 73.3 Å². The van der Waals surface area contributed by atoms with E-state index in [1.807, 2.05) is 0 Å². The molecule has 0 aromatic rings. The second kappa shape index (κ2) is 3.24. The van der Waals surface area contributed by atoms with Crippen LogP contribution in [0.2, 0.25) is 0 Å². The Hall–Kier alpha value is -0.540. The third kappa shape index (κ3) is 2.20. The second-order valence-corrected chi connectivity index (χ2v) is 2.95. The van der Waals surface area contributed by atoms with Crippen LogP contribution in [0.5, 0.6) is 0 Å². The minimum absolute atomic E-state index is 0.147. The molecule has 60 valence electrons. The van der Waals surface area contributed by atoms with Crippen LogP contribution in [-0.2, 0) is 4.79 Å². The fraction of sp³-hybridized carbons (Fsp3) is 0.333. The first-order valence-electron chi connectivity index (χ1n) is 2.93. The largest absolute Gasteiger partial charge is 0.481 e. The van der Waals surface area contributed by atoms with E-state index in [0.29, 0.717) is 0 Å². The maximum absolute atomic E-state index is 10.4. The Morgan fingerprint density at radius 1 is 1.73 bits per heavy atom. The molecule has 1 unspecified atom stereocenters. The molecule has 5 heteroatoms. The molecule has 0 aromatic carbocycles. The van der Waals surface area contributed by atoms with Crippen LogP contribution in [0, 0.1) is 5.92 Å². The van der Waals surface area contributed by atoms with Gasteiger partial charge in [0.2, 0.25) is 0 Å². The van der Waals surface area contributed by atoms with Crippen molar-refractivity contribution in [1.82, 2.24) is 0 Å². The van der Waals surface area contributed by atoms with Crippen molar-refractivity contribution in [3.05, 3.63) is 11.2 Å². The Morgan fingerprint density at radius 3 is 2.82 bits per heavy atom. The number of aliphatic carboxylic acids is 1. The molecule has 0 aliphatic carbocycles. The minimum atomic E-state index is -0.934. The van der Waals surface area contributed by atoms with Crippen LogP contribution < -0.4 is 0 Å². The van der Waals surface area contributed by atoms with Crippen molar-refractivity contribution < 1.29 is 9.90 Å². The van der Waals surface area contributed by atoms with Crippen LogP contribution in [0.4, 0.5) is 0 Å². The van der Waals surface area contributed by atoms with Crippen LogP contribution in [0.15, 0.2) is 16.2 Å². The first-order valence-corrected chi connectivity index (χ1v) is 3.68. The molecule has 0 saturated carbocycles. The molecule has 1 rings (SSSR count). The van der Waals surface area contributed by atoms with Gasteiger partial charge in [-0.15, -0.1) is 0 Å². The molecular weight excluding hydrogens is 189 g/mol. The summed E-state index contributed by atoms with van der Waals surface area (Å²) in [5.41, 5.74) is 0. The van der Waals surface area contributed by atoms with Crippen molar-refractivity contribution in [2.24, 2.45) is 10.9 Å². The Bertz CT molecular complexity index is 247. The summed E-state index contributed by atoms with van der Waals surface area (Å²) in [7, 11) is 0. The lowest BCUT2D eigenvalue weighted by molar-refractivity contribution is -0.139. The van der Waals surface area contributed by atoms with Gasteiger partial charge >= 0.3 is 5.97 Å². The number of aliphatic imine (C=N–C) groups is 1. The zero-order chi connectivity index (χ0) is 8.43. The van der Waals surface area contributed by atoms with E-state index in [1.54, 1.807) is 0 Å². The highest BCUT2D eigenvalue weighted by Gasteiger charge is 2.20. The maximum atomic E-state index is 10.4. The minimum Gasteiger partial charge on any atom is -0.481 e. The van der Waals surface area contributed by atoms with Gasteiger partial charge in [-0.1, -0.05) is 23.2 Å². The number of hydrogen-bond donors (Lipinski definition) is 1. The number of hydrogen-bond acceptors (Lipinski definition) is 2. The van der Waals surface area contributed by atoms with E-state index in [2.05, 4.69) is 4.99 Å². The third-order valence-electron chi connectivity index (χ3n) is 1.27. The van der Waals surface area contributed by atoms with Crippen molar-refractivity contribution in [3.63, 3.8) is 0 Å². The average Bonchev–Trinajstić information content (AvgIpc) is 1.85. The number of carbonyl (C=O) groups is 1.